The molecule has 1 rings (SSSR count). The summed E-state index contributed by atoms with van der Waals surface area (Å²) in [4.78, 5) is 0. The van der Waals surface area contributed by atoms with Crippen LogP contribution in [-0.4, -0.2) is 13.1 Å². The van der Waals surface area contributed by atoms with Crippen LogP contribution in [0.3, 0.4) is 0 Å². The molecule has 0 amide bonds. The van der Waals surface area contributed by atoms with E-state index in [0.29, 0.717) is 6.04 Å². The molecule has 1 aromatic rings. The summed E-state index contributed by atoms with van der Waals surface area (Å²) in [6.45, 7) is 4.53. The highest BCUT2D eigenvalue weighted by atomic mass is 79.9. The number of hydrogen-bond acceptors (Lipinski definition) is 1. The predicted octanol–water partition coefficient (Wildman–Crippen LogP) is 5.45. The Morgan fingerprint density at radius 2 is 1.84 bits per heavy atom. The normalized spacial score (nSPS) is 12.9. The van der Waals surface area contributed by atoms with Crippen LogP contribution in [-0.2, 0) is 6.42 Å². The average Bonchev–Trinajstić information content (AvgIpc) is 2.38. The quantitative estimate of drug-likeness (QED) is 0.660. The lowest BCUT2D eigenvalue weighted by molar-refractivity contribution is 0.323. The fourth-order valence-electron chi connectivity index (χ4n) is 2.72. The summed E-state index contributed by atoms with van der Waals surface area (Å²) in [6, 6.07) is 6.70. The third kappa shape index (κ3) is 5.45. The number of likely N-dealkylation sites (N-methyl/N-ethyl adjacent to an activating group) is 1. The SMILES string of the molecule is CCCC(CCC)C(Cc1ccc(Br)cc1Cl)NC. The van der Waals surface area contributed by atoms with Crippen molar-refractivity contribution in [2.75, 3.05) is 7.05 Å². The van der Waals surface area contributed by atoms with Crippen molar-refractivity contribution >= 4 is 27.5 Å². The van der Waals surface area contributed by atoms with Crippen LogP contribution in [0.25, 0.3) is 0 Å². The maximum absolute atomic E-state index is 6.33. The van der Waals surface area contributed by atoms with Gasteiger partial charge in [-0.3, -0.25) is 0 Å². The Bertz CT molecular complexity index is 375. The zero-order chi connectivity index (χ0) is 14.3. The number of halogens is 2. The largest absolute Gasteiger partial charge is 0.316 e. The first-order valence-electron chi connectivity index (χ1n) is 7.23. The van der Waals surface area contributed by atoms with Gasteiger partial charge in [0.05, 0.1) is 0 Å². The van der Waals surface area contributed by atoms with E-state index in [1.165, 1.54) is 31.2 Å². The van der Waals surface area contributed by atoms with Crippen LogP contribution in [0.5, 0.6) is 0 Å². The number of hydrogen-bond donors (Lipinski definition) is 1. The van der Waals surface area contributed by atoms with Crippen molar-refractivity contribution < 1.29 is 0 Å². The lowest BCUT2D eigenvalue weighted by Gasteiger charge is -2.27. The summed E-state index contributed by atoms with van der Waals surface area (Å²) in [5.41, 5.74) is 1.24. The molecule has 1 aromatic carbocycles. The smallest absolute Gasteiger partial charge is 0.0449 e. The third-order valence-corrected chi connectivity index (χ3v) is 4.56. The first-order valence-corrected chi connectivity index (χ1v) is 8.40. The van der Waals surface area contributed by atoms with Crippen molar-refractivity contribution in [3.8, 4) is 0 Å². The Balaban J connectivity index is 2.78. The van der Waals surface area contributed by atoms with Crippen molar-refractivity contribution in [3.05, 3.63) is 33.3 Å². The molecule has 1 atom stereocenters. The third-order valence-electron chi connectivity index (χ3n) is 3.71. The molecule has 0 saturated heterocycles. The second-order valence-corrected chi connectivity index (χ2v) is 6.50. The number of benzene rings is 1. The van der Waals surface area contributed by atoms with E-state index in [4.69, 9.17) is 11.6 Å². The summed E-state index contributed by atoms with van der Waals surface area (Å²) >= 11 is 9.79. The zero-order valence-electron chi connectivity index (χ0n) is 12.2. The van der Waals surface area contributed by atoms with Gasteiger partial charge in [0.15, 0.2) is 0 Å². The predicted molar refractivity (Wildman–Crippen MR) is 89.0 cm³/mol. The standard InChI is InChI=1S/C16H25BrClN/c1-4-6-12(7-5-2)16(19-3)10-13-8-9-14(17)11-15(13)18/h8-9,11-12,16,19H,4-7,10H2,1-3H3. The van der Waals surface area contributed by atoms with E-state index in [2.05, 4.69) is 54.3 Å². The van der Waals surface area contributed by atoms with Crippen LogP contribution >= 0.6 is 27.5 Å². The van der Waals surface area contributed by atoms with Gasteiger partial charge in [-0.1, -0.05) is 60.3 Å². The Hall–Kier alpha value is -0.0500. The van der Waals surface area contributed by atoms with Crippen molar-refractivity contribution in [1.82, 2.24) is 5.32 Å². The molecule has 108 valence electrons. The monoisotopic (exact) mass is 345 g/mol. The minimum Gasteiger partial charge on any atom is -0.316 e. The summed E-state index contributed by atoms with van der Waals surface area (Å²) in [7, 11) is 2.07. The van der Waals surface area contributed by atoms with Crippen molar-refractivity contribution in [3.63, 3.8) is 0 Å². The van der Waals surface area contributed by atoms with Crippen LogP contribution in [0.1, 0.15) is 45.1 Å². The molecule has 0 heterocycles. The molecule has 3 heteroatoms. The number of nitrogens with one attached hydrogen (secondary N) is 1. The number of rotatable bonds is 8. The second kappa shape index (κ2) is 8.99. The van der Waals surface area contributed by atoms with Gasteiger partial charge in [0.2, 0.25) is 0 Å². The Morgan fingerprint density at radius 1 is 1.21 bits per heavy atom. The van der Waals surface area contributed by atoms with Gasteiger partial charge < -0.3 is 5.32 Å². The lowest BCUT2D eigenvalue weighted by Crippen LogP contribution is -2.35. The van der Waals surface area contributed by atoms with E-state index in [1.54, 1.807) is 0 Å². The van der Waals surface area contributed by atoms with Gasteiger partial charge in [-0.25, -0.2) is 0 Å². The second-order valence-electron chi connectivity index (χ2n) is 5.17. The molecule has 0 fully saturated rings. The van der Waals surface area contributed by atoms with Crippen LogP contribution in [0, 0.1) is 5.92 Å². The van der Waals surface area contributed by atoms with Crippen molar-refractivity contribution in [1.29, 1.82) is 0 Å². The Kier molecular flexibility index (Phi) is 8.05. The first-order chi connectivity index (χ1) is 9.12. The Morgan fingerprint density at radius 3 is 2.32 bits per heavy atom. The molecule has 0 aliphatic rings. The van der Waals surface area contributed by atoms with Gasteiger partial charge in [0, 0.05) is 15.5 Å². The minimum atomic E-state index is 0.513. The molecule has 0 aromatic heterocycles. The highest BCUT2D eigenvalue weighted by Crippen LogP contribution is 2.26. The van der Waals surface area contributed by atoms with Crippen molar-refractivity contribution in [2.24, 2.45) is 5.92 Å². The average molecular weight is 347 g/mol. The highest BCUT2D eigenvalue weighted by Gasteiger charge is 2.19. The molecular weight excluding hydrogens is 322 g/mol. The molecule has 0 radical (unpaired) electrons. The van der Waals surface area contributed by atoms with Gasteiger partial charge in [-0.05, 0) is 49.9 Å². The molecule has 1 N–H and O–H groups in total. The van der Waals surface area contributed by atoms with Crippen LogP contribution in [0.2, 0.25) is 5.02 Å². The summed E-state index contributed by atoms with van der Waals surface area (Å²) < 4.78 is 1.04. The molecular formula is C16H25BrClN. The van der Waals surface area contributed by atoms with Gasteiger partial charge >= 0.3 is 0 Å². The fourth-order valence-corrected chi connectivity index (χ4v) is 3.47. The van der Waals surface area contributed by atoms with Gasteiger partial charge in [0.1, 0.15) is 0 Å². The first kappa shape index (κ1) is 17.0. The van der Waals surface area contributed by atoms with Gasteiger partial charge in [-0.2, -0.15) is 0 Å². The van der Waals surface area contributed by atoms with E-state index < -0.39 is 0 Å². The molecule has 0 bridgehead atoms. The van der Waals surface area contributed by atoms with Crippen LogP contribution in [0.15, 0.2) is 22.7 Å². The summed E-state index contributed by atoms with van der Waals surface area (Å²) in [6.07, 6.45) is 6.07. The van der Waals surface area contributed by atoms with E-state index in [0.717, 1.165) is 21.8 Å². The topological polar surface area (TPSA) is 12.0 Å². The minimum absolute atomic E-state index is 0.513. The van der Waals surface area contributed by atoms with Gasteiger partial charge in [-0.15, -0.1) is 0 Å². The fraction of sp³-hybridized carbons (Fsp3) is 0.625. The van der Waals surface area contributed by atoms with Crippen LogP contribution in [0.4, 0.5) is 0 Å². The molecule has 0 spiro atoms. The Labute approximate surface area is 131 Å². The lowest BCUT2D eigenvalue weighted by atomic mass is 9.87. The molecule has 1 nitrogen and oxygen atoms in total. The van der Waals surface area contributed by atoms with E-state index in [9.17, 15) is 0 Å². The highest BCUT2D eigenvalue weighted by molar-refractivity contribution is 9.10. The van der Waals surface area contributed by atoms with Crippen LogP contribution < -0.4 is 5.32 Å². The molecule has 0 saturated carbocycles. The summed E-state index contributed by atoms with van der Waals surface area (Å²) in [5.74, 6) is 0.736. The van der Waals surface area contributed by atoms with E-state index >= 15 is 0 Å². The van der Waals surface area contributed by atoms with E-state index in [1.807, 2.05) is 6.07 Å². The molecule has 19 heavy (non-hydrogen) atoms. The maximum atomic E-state index is 6.33. The van der Waals surface area contributed by atoms with Crippen molar-refractivity contribution in [2.45, 2.75) is 52.0 Å². The molecule has 0 aliphatic heterocycles. The van der Waals surface area contributed by atoms with E-state index in [-0.39, 0.29) is 0 Å². The zero-order valence-corrected chi connectivity index (χ0v) is 14.5. The molecule has 0 aliphatic carbocycles. The molecule has 1 unspecified atom stereocenters. The maximum Gasteiger partial charge on any atom is 0.0449 e. The summed E-state index contributed by atoms with van der Waals surface area (Å²) in [5, 5.41) is 4.35. The van der Waals surface area contributed by atoms with Gasteiger partial charge in [0.25, 0.3) is 0 Å².